The maximum atomic E-state index is 12.0. The second-order valence-corrected chi connectivity index (χ2v) is 7.67. The van der Waals surface area contributed by atoms with Crippen molar-refractivity contribution in [2.45, 2.75) is 50.4 Å². The van der Waals surface area contributed by atoms with Crippen molar-refractivity contribution in [2.75, 3.05) is 60.0 Å². The third-order valence-electron chi connectivity index (χ3n) is 5.57. The Morgan fingerprint density at radius 3 is 2.71 bits per heavy atom. The molecule has 138 valence electrons. The van der Waals surface area contributed by atoms with Gasteiger partial charge in [-0.2, -0.15) is 0 Å². The molecule has 6 nitrogen and oxygen atoms in total. The lowest BCUT2D eigenvalue weighted by atomic mass is 9.99. The van der Waals surface area contributed by atoms with Crippen LogP contribution in [0.25, 0.3) is 0 Å². The summed E-state index contributed by atoms with van der Waals surface area (Å²) in [5.41, 5.74) is 0. The molecule has 0 radical (unpaired) electrons. The highest BCUT2D eigenvalue weighted by molar-refractivity contribution is 5.77. The van der Waals surface area contributed by atoms with Gasteiger partial charge in [0.05, 0.1) is 18.8 Å². The third kappa shape index (κ3) is 4.69. The number of hydrogen-bond acceptors (Lipinski definition) is 5. The van der Waals surface area contributed by atoms with Gasteiger partial charge >= 0.3 is 0 Å². The second-order valence-electron chi connectivity index (χ2n) is 7.67. The van der Waals surface area contributed by atoms with Gasteiger partial charge in [-0.15, -0.1) is 0 Å². The highest BCUT2D eigenvalue weighted by Gasteiger charge is 2.39. The van der Waals surface area contributed by atoms with Gasteiger partial charge in [0.2, 0.25) is 5.91 Å². The predicted octanol–water partition coefficient (Wildman–Crippen LogP) is 0.809. The molecule has 3 fully saturated rings. The number of likely N-dealkylation sites (tertiary alicyclic amines) is 2. The highest BCUT2D eigenvalue weighted by Crippen LogP contribution is 2.31. The SMILES string of the molecule is CN(C)CCN1CCC2O[C@H](COCC(=O)N3CCCC3)CCC21. The first-order chi connectivity index (χ1) is 11.6. The van der Waals surface area contributed by atoms with Gasteiger partial charge < -0.3 is 19.3 Å². The Kier molecular flexibility index (Phi) is 6.49. The number of amides is 1. The summed E-state index contributed by atoms with van der Waals surface area (Å²) >= 11 is 0. The first-order valence-corrected chi connectivity index (χ1v) is 9.53. The molecule has 0 saturated carbocycles. The molecule has 3 saturated heterocycles. The Balaban J connectivity index is 1.35. The minimum absolute atomic E-state index is 0.136. The topological polar surface area (TPSA) is 45.3 Å². The zero-order chi connectivity index (χ0) is 16.9. The molecule has 3 aliphatic rings. The number of carbonyl (C=O) groups is 1. The van der Waals surface area contributed by atoms with E-state index in [4.69, 9.17) is 9.47 Å². The second kappa shape index (κ2) is 8.61. The molecular weight excluding hydrogens is 306 g/mol. The fourth-order valence-electron chi connectivity index (χ4n) is 4.15. The Labute approximate surface area is 146 Å². The molecular formula is C18H33N3O3. The van der Waals surface area contributed by atoms with E-state index in [0.29, 0.717) is 18.8 Å². The van der Waals surface area contributed by atoms with Crippen LogP contribution >= 0.6 is 0 Å². The molecule has 0 aromatic carbocycles. The summed E-state index contributed by atoms with van der Waals surface area (Å²) in [6.45, 7) is 5.94. The first kappa shape index (κ1) is 18.1. The molecule has 0 aromatic rings. The van der Waals surface area contributed by atoms with Crippen molar-refractivity contribution in [3.63, 3.8) is 0 Å². The maximum absolute atomic E-state index is 12.0. The van der Waals surface area contributed by atoms with Gasteiger partial charge in [0.25, 0.3) is 0 Å². The van der Waals surface area contributed by atoms with Gasteiger partial charge in [-0.1, -0.05) is 0 Å². The summed E-state index contributed by atoms with van der Waals surface area (Å²) in [4.78, 5) is 18.7. The van der Waals surface area contributed by atoms with Crippen molar-refractivity contribution in [3.05, 3.63) is 0 Å². The monoisotopic (exact) mass is 339 g/mol. The number of likely N-dealkylation sites (N-methyl/N-ethyl adjacent to an activating group) is 1. The average molecular weight is 339 g/mol. The molecule has 3 aliphatic heterocycles. The standard InChI is InChI=1S/C18H33N3O3/c1-19(2)11-12-20-10-7-17-16(20)6-5-15(24-17)13-23-14-18(22)21-8-3-4-9-21/h15-17H,3-14H2,1-2H3/t15-,16?,17?/m0/s1. The Morgan fingerprint density at radius 2 is 1.96 bits per heavy atom. The van der Waals surface area contributed by atoms with E-state index in [2.05, 4.69) is 23.9 Å². The molecule has 0 spiro atoms. The smallest absolute Gasteiger partial charge is 0.248 e. The van der Waals surface area contributed by atoms with Crippen LogP contribution in [0.4, 0.5) is 0 Å². The number of nitrogens with zero attached hydrogens (tertiary/aromatic N) is 3. The van der Waals surface area contributed by atoms with Gasteiger partial charge in [-0.05, 0) is 46.2 Å². The van der Waals surface area contributed by atoms with Crippen LogP contribution in [-0.2, 0) is 14.3 Å². The van der Waals surface area contributed by atoms with Gasteiger partial charge in [0.1, 0.15) is 6.61 Å². The molecule has 3 heterocycles. The van der Waals surface area contributed by atoms with E-state index in [1.54, 1.807) is 0 Å². The van der Waals surface area contributed by atoms with Crippen molar-refractivity contribution in [3.8, 4) is 0 Å². The zero-order valence-corrected chi connectivity index (χ0v) is 15.3. The van der Waals surface area contributed by atoms with Crippen molar-refractivity contribution in [1.82, 2.24) is 14.7 Å². The molecule has 0 aromatic heterocycles. The summed E-state index contributed by atoms with van der Waals surface area (Å²) in [5, 5.41) is 0. The van der Waals surface area contributed by atoms with E-state index in [0.717, 1.165) is 58.4 Å². The fourth-order valence-corrected chi connectivity index (χ4v) is 4.15. The van der Waals surface area contributed by atoms with E-state index in [-0.39, 0.29) is 18.6 Å². The molecule has 0 aliphatic carbocycles. The largest absolute Gasteiger partial charge is 0.371 e. The molecule has 6 heteroatoms. The summed E-state index contributed by atoms with van der Waals surface area (Å²) < 4.78 is 11.9. The fraction of sp³-hybridized carbons (Fsp3) is 0.944. The molecule has 3 atom stereocenters. The van der Waals surface area contributed by atoms with Crippen molar-refractivity contribution in [1.29, 1.82) is 0 Å². The molecule has 0 N–H and O–H groups in total. The average Bonchev–Trinajstić information content (AvgIpc) is 3.22. The third-order valence-corrected chi connectivity index (χ3v) is 5.57. The van der Waals surface area contributed by atoms with E-state index >= 15 is 0 Å². The molecule has 24 heavy (non-hydrogen) atoms. The summed E-state index contributed by atoms with van der Waals surface area (Å²) in [6.07, 6.45) is 6.12. The lowest BCUT2D eigenvalue weighted by Crippen LogP contribution is -2.45. The van der Waals surface area contributed by atoms with Gasteiger partial charge in [-0.25, -0.2) is 0 Å². The van der Waals surface area contributed by atoms with Crippen LogP contribution in [0.15, 0.2) is 0 Å². The van der Waals surface area contributed by atoms with Crippen LogP contribution in [0.2, 0.25) is 0 Å². The van der Waals surface area contributed by atoms with Crippen molar-refractivity contribution < 1.29 is 14.3 Å². The van der Waals surface area contributed by atoms with E-state index < -0.39 is 0 Å². The minimum Gasteiger partial charge on any atom is -0.371 e. The van der Waals surface area contributed by atoms with Gasteiger partial charge in [0, 0.05) is 38.8 Å². The van der Waals surface area contributed by atoms with Crippen molar-refractivity contribution in [2.24, 2.45) is 0 Å². The number of fused-ring (bicyclic) bond motifs is 1. The molecule has 2 unspecified atom stereocenters. The highest BCUT2D eigenvalue weighted by atomic mass is 16.5. The Bertz CT molecular complexity index is 412. The van der Waals surface area contributed by atoms with Crippen LogP contribution in [0.1, 0.15) is 32.1 Å². The van der Waals surface area contributed by atoms with Gasteiger partial charge in [-0.3, -0.25) is 9.69 Å². The number of hydrogen-bond donors (Lipinski definition) is 0. The van der Waals surface area contributed by atoms with Crippen LogP contribution < -0.4 is 0 Å². The van der Waals surface area contributed by atoms with E-state index in [9.17, 15) is 4.79 Å². The molecule has 3 rings (SSSR count). The van der Waals surface area contributed by atoms with Crippen LogP contribution in [0, 0.1) is 0 Å². The summed E-state index contributed by atoms with van der Waals surface area (Å²) in [7, 11) is 4.25. The number of carbonyl (C=O) groups excluding carboxylic acids is 1. The van der Waals surface area contributed by atoms with Crippen LogP contribution in [-0.4, -0.2) is 98.9 Å². The molecule has 1 amide bonds. The quantitative estimate of drug-likeness (QED) is 0.687. The van der Waals surface area contributed by atoms with E-state index in [1.807, 2.05) is 4.90 Å². The number of rotatable bonds is 7. The predicted molar refractivity (Wildman–Crippen MR) is 93.1 cm³/mol. The summed E-state index contributed by atoms with van der Waals surface area (Å²) in [5.74, 6) is 0.136. The molecule has 0 bridgehead atoms. The zero-order valence-electron chi connectivity index (χ0n) is 15.3. The lowest BCUT2D eigenvalue weighted by molar-refractivity contribution is -0.139. The lowest BCUT2D eigenvalue weighted by Gasteiger charge is -2.36. The van der Waals surface area contributed by atoms with Crippen LogP contribution in [0.5, 0.6) is 0 Å². The van der Waals surface area contributed by atoms with Crippen LogP contribution in [0.3, 0.4) is 0 Å². The normalized spacial score (nSPS) is 31.0. The number of ether oxygens (including phenoxy) is 2. The first-order valence-electron chi connectivity index (χ1n) is 9.53. The van der Waals surface area contributed by atoms with Crippen molar-refractivity contribution >= 4 is 5.91 Å². The Morgan fingerprint density at radius 1 is 1.17 bits per heavy atom. The van der Waals surface area contributed by atoms with Gasteiger partial charge in [0.15, 0.2) is 0 Å². The Hall–Kier alpha value is -0.690. The maximum Gasteiger partial charge on any atom is 0.248 e. The summed E-state index contributed by atoms with van der Waals surface area (Å²) in [6, 6.07) is 0.576. The minimum atomic E-state index is 0.136. The van der Waals surface area contributed by atoms with E-state index in [1.165, 1.54) is 6.42 Å².